The van der Waals surface area contributed by atoms with Gasteiger partial charge in [0.05, 0.1) is 24.6 Å². The van der Waals surface area contributed by atoms with Crippen LogP contribution in [0, 0.1) is 0 Å². The SMILES string of the molecule is NC(=O)n1cc(C(=O)OCCc2ccccc2)cn1. The Kier molecular flexibility index (Phi) is 3.92. The third-order valence-corrected chi connectivity index (χ3v) is 2.51. The van der Waals surface area contributed by atoms with E-state index in [0.717, 1.165) is 10.2 Å². The van der Waals surface area contributed by atoms with Crippen molar-refractivity contribution in [2.75, 3.05) is 6.61 Å². The summed E-state index contributed by atoms with van der Waals surface area (Å²) in [5.74, 6) is -0.525. The third kappa shape index (κ3) is 3.41. The fourth-order valence-corrected chi connectivity index (χ4v) is 1.54. The smallest absolute Gasteiger partial charge is 0.341 e. The van der Waals surface area contributed by atoms with Gasteiger partial charge in [0.2, 0.25) is 0 Å². The van der Waals surface area contributed by atoms with E-state index in [0.29, 0.717) is 6.42 Å². The Labute approximate surface area is 109 Å². The van der Waals surface area contributed by atoms with Crippen LogP contribution in [-0.4, -0.2) is 28.4 Å². The minimum absolute atomic E-state index is 0.201. The van der Waals surface area contributed by atoms with E-state index < -0.39 is 12.0 Å². The molecule has 0 fully saturated rings. The molecule has 0 saturated carbocycles. The number of nitrogens with zero attached hydrogens (tertiary/aromatic N) is 2. The number of carbonyl (C=O) groups excluding carboxylic acids is 2. The van der Waals surface area contributed by atoms with Crippen LogP contribution in [-0.2, 0) is 11.2 Å². The summed E-state index contributed by atoms with van der Waals surface area (Å²) >= 11 is 0. The molecule has 19 heavy (non-hydrogen) atoms. The highest BCUT2D eigenvalue weighted by Gasteiger charge is 2.11. The molecule has 1 aromatic carbocycles. The molecule has 1 aromatic heterocycles. The summed E-state index contributed by atoms with van der Waals surface area (Å²) < 4.78 is 5.96. The van der Waals surface area contributed by atoms with Crippen molar-refractivity contribution in [1.82, 2.24) is 9.78 Å². The average molecular weight is 259 g/mol. The average Bonchev–Trinajstić information content (AvgIpc) is 2.89. The summed E-state index contributed by atoms with van der Waals surface area (Å²) in [5, 5.41) is 3.64. The Hall–Kier alpha value is -2.63. The number of rotatable bonds is 4. The number of carbonyl (C=O) groups is 2. The predicted octanol–water partition coefficient (Wildman–Crippen LogP) is 1.21. The van der Waals surface area contributed by atoms with E-state index >= 15 is 0 Å². The Morgan fingerprint density at radius 2 is 2.00 bits per heavy atom. The van der Waals surface area contributed by atoms with E-state index in [1.54, 1.807) is 0 Å². The number of benzene rings is 1. The van der Waals surface area contributed by atoms with E-state index in [2.05, 4.69) is 5.10 Å². The molecule has 98 valence electrons. The second-order valence-corrected chi connectivity index (χ2v) is 3.88. The van der Waals surface area contributed by atoms with Gasteiger partial charge >= 0.3 is 12.0 Å². The van der Waals surface area contributed by atoms with Gasteiger partial charge in [-0.2, -0.15) is 9.78 Å². The molecule has 0 unspecified atom stereocenters. The second kappa shape index (κ2) is 5.81. The number of hydrogen-bond acceptors (Lipinski definition) is 4. The maximum atomic E-state index is 11.6. The van der Waals surface area contributed by atoms with Gasteiger partial charge in [0.1, 0.15) is 0 Å². The lowest BCUT2D eigenvalue weighted by molar-refractivity contribution is 0.0509. The number of hydrogen-bond donors (Lipinski definition) is 1. The summed E-state index contributed by atoms with van der Waals surface area (Å²) in [4.78, 5) is 22.4. The molecular weight excluding hydrogens is 246 g/mol. The lowest BCUT2D eigenvalue weighted by Gasteiger charge is -2.03. The largest absolute Gasteiger partial charge is 0.462 e. The van der Waals surface area contributed by atoms with Gasteiger partial charge in [-0.15, -0.1) is 0 Å². The van der Waals surface area contributed by atoms with E-state index in [-0.39, 0.29) is 12.2 Å². The minimum Gasteiger partial charge on any atom is -0.462 e. The first-order valence-corrected chi connectivity index (χ1v) is 5.72. The molecule has 0 bridgehead atoms. The quantitative estimate of drug-likeness (QED) is 0.836. The molecule has 2 N–H and O–H groups in total. The molecule has 6 heteroatoms. The maximum absolute atomic E-state index is 11.6. The molecule has 0 aliphatic heterocycles. The van der Waals surface area contributed by atoms with E-state index in [1.807, 2.05) is 30.3 Å². The maximum Gasteiger partial charge on any atom is 0.341 e. The molecule has 1 amide bonds. The molecular formula is C13H13N3O3. The van der Waals surface area contributed by atoms with Gasteiger partial charge in [-0.3, -0.25) is 0 Å². The van der Waals surface area contributed by atoms with Gasteiger partial charge in [-0.1, -0.05) is 30.3 Å². The highest BCUT2D eigenvalue weighted by Crippen LogP contribution is 2.03. The zero-order chi connectivity index (χ0) is 13.7. The van der Waals surface area contributed by atoms with Crippen LogP contribution in [0.25, 0.3) is 0 Å². The first-order valence-electron chi connectivity index (χ1n) is 5.72. The van der Waals surface area contributed by atoms with Crippen LogP contribution in [0.2, 0.25) is 0 Å². The van der Waals surface area contributed by atoms with Crippen molar-refractivity contribution in [2.24, 2.45) is 5.73 Å². The summed E-state index contributed by atoms with van der Waals surface area (Å²) in [7, 11) is 0. The van der Waals surface area contributed by atoms with Crippen molar-refractivity contribution in [3.05, 3.63) is 53.9 Å². The number of nitrogens with two attached hydrogens (primary N) is 1. The standard InChI is InChI=1S/C13H13N3O3/c14-13(18)16-9-11(8-15-16)12(17)19-7-6-10-4-2-1-3-5-10/h1-5,8-9H,6-7H2,(H2,14,18). The van der Waals surface area contributed by atoms with Crippen LogP contribution < -0.4 is 5.73 Å². The summed E-state index contributed by atoms with van der Waals surface area (Å²) in [6.45, 7) is 0.268. The van der Waals surface area contributed by atoms with Crippen LogP contribution in [0.15, 0.2) is 42.7 Å². The zero-order valence-electron chi connectivity index (χ0n) is 10.2. The van der Waals surface area contributed by atoms with Gasteiger partial charge < -0.3 is 10.5 Å². The van der Waals surface area contributed by atoms with Gasteiger partial charge in [-0.05, 0) is 5.56 Å². The highest BCUT2D eigenvalue weighted by molar-refractivity contribution is 5.89. The second-order valence-electron chi connectivity index (χ2n) is 3.88. The van der Waals surface area contributed by atoms with Crippen molar-refractivity contribution in [3.63, 3.8) is 0 Å². The Bertz CT molecular complexity index is 578. The Morgan fingerprint density at radius 1 is 1.26 bits per heavy atom. The molecule has 0 aliphatic rings. The van der Waals surface area contributed by atoms with Gasteiger partial charge in [-0.25, -0.2) is 9.59 Å². The van der Waals surface area contributed by atoms with Crippen molar-refractivity contribution in [3.8, 4) is 0 Å². The molecule has 0 spiro atoms. The molecule has 6 nitrogen and oxygen atoms in total. The van der Waals surface area contributed by atoms with E-state index in [9.17, 15) is 9.59 Å². The third-order valence-electron chi connectivity index (χ3n) is 2.51. The molecule has 2 aromatic rings. The number of amides is 1. The van der Waals surface area contributed by atoms with Crippen LogP contribution in [0.1, 0.15) is 15.9 Å². The van der Waals surface area contributed by atoms with Crippen LogP contribution in [0.3, 0.4) is 0 Å². The Balaban J connectivity index is 1.85. The monoisotopic (exact) mass is 259 g/mol. The van der Waals surface area contributed by atoms with Gasteiger partial charge in [0, 0.05) is 6.42 Å². The van der Waals surface area contributed by atoms with Crippen LogP contribution in [0.4, 0.5) is 4.79 Å². The first-order chi connectivity index (χ1) is 9.16. The highest BCUT2D eigenvalue weighted by atomic mass is 16.5. The fourth-order valence-electron chi connectivity index (χ4n) is 1.54. The van der Waals surface area contributed by atoms with Crippen molar-refractivity contribution >= 4 is 12.0 Å². The minimum atomic E-state index is -0.747. The van der Waals surface area contributed by atoms with Gasteiger partial charge in [0.15, 0.2) is 0 Å². The van der Waals surface area contributed by atoms with Crippen molar-refractivity contribution in [1.29, 1.82) is 0 Å². The lowest BCUT2D eigenvalue weighted by atomic mass is 10.2. The van der Waals surface area contributed by atoms with Crippen LogP contribution in [0.5, 0.6) is 0 Å². The molecule has 2 rings (SSSR count). The normalized spacial score (nSPS) is 10.1. The fraction of sp³-hybridized carbons (Fsp3) is 0.154. The van der Waals surface area contributed by atoms with Crippen molar-refractivity contribution in [2.45, 2.75) is 6.42 Å². The molecule has 0 saturated heterocycles. The van der Waals surface area contributed by atoms with E-state index in [1.165, 1.54) is 12.4 Å². The lowest BCUT2D eigenvalue weighted by Crippen LogP contribution is -2.19. The molecule has 0 aliphatic carbocycles. The summed E-state index contributed by atoms with van der Waals surface area (Å²) in [5.41, 5.74) is 6.30. The van der Waals surface area contributed by atoms with E-state index in [4.69, 9.17) is 10.5 Å². The summed E-state index contributed by atoms with van der Waals surface area (Å²) in [6, 6.07) is 8.94. The summed E-state index contributed by atoms with van der Waals surface area (Å²) in [6.07, 6.45) is 3.12. The van der Waals surface area contributed by atoms with Crippen molar-refractivity contribution < 1.29 is 14.3 Å². The zero-order valence-corrected chi connectivity index (χ0v) is 10.2. The topological polar surface area (TPSA) is 87.2 Å². The number of primary amides is 1. The molecule has 0 atom stereocenters. The predicted molar refractivity (Wildman–Crippen MR) is 67.6 cm³/mol. The number of esters is 1. The van der Waals surface area contributed by atoms with Gasteiger partial charge in [0.25, 0.3) is 0 Å². The Morgan fingerprint density at radius 3 is 2.63 bits per heavy atom. The number of aromatic nitrogens is 2. The number of ether oxygens (including phenoxy) is 1. The van der Waals surface area contributed by atoms with Crippen LogP contribution >= 0.6 is 0 Å². The molecule has 1 heterocycles. The molecule has 0 radical (unpaired) electrons. The first kappa shape index (κ1) is 12.8.